The topological polar surface area (TPSA) is 91.8 Å². The number of ether oxygens (including phenoxy) is 2. The zero-order valence-electron chi connectivity index (χ0n) is 13.4. The molecule has 0 aliphatic carbocycles. The van der Waals surface area contributed by atoms with Gasteiger partial charge in [0.15, 0.2) is 0 Å². The molecule has 0 bridgehead atoms. The van der Waals surface area contributed by atoms with Crippen molar-refractivity contribution in [1.82, 2.24) is 0 Å². The third-order valence-electron chi connectivity index (χ3n) is 2.97. The molecule has 0 radical (unpaired) electrons. The molecule has 0 N–H and O–H groups in total. The molecular formula is C17H17NO6. The number of hydrogen-bond donors (Lipinski definition) is 0. The lowest BCUT2D eigenvalue weighted by atomic mass is 10.1. The summed E-state index contributed by atoms with van der Waals surface area (Å²) in [6, 6.07) is 8.45. The van der Waals surface area contributed by atoms with Crippen LogP contribution in [0.15, 0.2) is 40.8 Å². The number of esters is 1. The Morgan fingerprint density at radius 3 is 2.54 bits per heavy atom. The van der Waals surface area contributed by atoms with Crippen molar-refractivity contribution in [1.29, 1.82) is 0 Å². The fourth-order valence-corrected chi connectivity index (χ4v) is 2.05. The van der Waals surface area contributed by atoms with E-state index in [4.69, 9.17) is 13.9 Å². The van der Waals surface area contributed by atoms with Crippen LogP contribution in [0.25, 0.3) is 6.08 Å². The minimum Gasteiger partial charge on any atom is -0.490 e. The van der Waals surface area contributed by atoms with Crippen LogP contribution in [0.2, 0.25) is 0 Å². The van der Waals surface area contributed by atoms with Gasteiger partial charge < -0.3 is 13.9 Å². The van der Waals surface area contributed by atoms with Crippen molar-refractivity contribution in [3.05, 3.63) is 63.4 Å². The Morgan fingerprint density at radius 1 is 1.21 bits per heavy atom. The third kappa shape index (κ3) is 5.28. The molecule has 0 spiro atoms. The predicted octanol–water partition coefficient (Wildman–Crippen LogP) is 3.44. The van der Waals surface area contributed by atoms with E-state index in [1.807, 2.05) is 32.0 Å². The van der Waals surface area contributed by atoms with Crippen molar-refractivity contribution < 1.29 is 23.6 Å². The quantitative estimate of drug-likeness (QED) is 0.254. The fraction of sp³-hybridized carbons (Fsp3) is 0.235. The maximum Gasteiger partial charge on any atom is 0.433 e. The molecule has 0 fully saturated rings. The highest BCUT2D eigenvalue weighted by Gasteiger charge is 2.10. The number of aryl methyl sites for hydroxylation is 2. The fourth-order valence-electron chi connectivity index (χ4n) is 2.05. The van der Waals surface area contributed by atoms with Gasteiger partial charge in [-0.2, -0.15) is 0 Å². The normalized spacial score (nSPS) is 10.8. The van der Waals surface area contributed by atoms with Crippen molar-refractivity contribution in [2.75, 3.05) is 13.2 Å². The molecule has 126 valence electrons. The Hall–Kier alpha value is -3.09. The SMILES string of the molecule is Cc1cc(C)cc(OCCOC(=O)/C=C/c2ccc([N+](=O)[O-])o2)c1. The van der Waals surface area contributed by atoms with E-state index in [1.54, 1.807) is 0 Å². The van der Waals surface area contributed by atoms with Crippen LogP contribution in [0.3, 0.4) is 0 Å². The van der Waals surface area contributed by atoms with Gasteiger partial charge >= 0.3 is 11.9 Å². The molecule has 0 aliphatic heterocycles. The zero-order valence-corrected chi connectivity index (χ0v) is 13.4. The van der Waals surface area contributed by atoms with Gasteiger partial charge in [0.1, 0.15) is 29.6 Å². The van der Waals surface area contributed by atoms with Gasteiger partial charge in [-0.25, -0.2) is 4.79 Å². The van der Waals surface area contributed by atoms with Crippen LogP contribution in [0.4, 0.5) is 5.88 Å². The first-order valence-corrected chi connectivity index (χ1v) is 7.24. The summed E-state index contributed by atoms with van der Waals surface area (Å²) in [6.07, 6.45) is 2.44. The van der Waals surface area contributed by atoms with E-state index >= 15 is 0 Å². The molecule has 0 unspecified atom stereocenters. The maximum absolute atomic E-state index is 11.5. The predicted molar refractivity (Wildman–Crippen MR) is 86.8 cm³/mol. The van der Waals surface area contributed by atoms with E-state index in [-0.39, 0.29) is 24.9 Å². The van der Waals surface area contributed by atoms with Gasteiger partial charge in [0.25, 0.3) is 0 Å². The summed E-state index contributed by atoms with van der Waals surface area (Å²) in [4.78, 5) is 21.4. The van der Waals surface area contributed by atoms with E-state index in [2.05, 4.69) is 0 Å². The summed E-state index contributed by atoms with van der Waals surface area (Å²) < 4.78 is 15.4. The molecule has 24 heavy (non-hydrogen) atoms. The Bertz CT molecular complexity index is 742. The van der Waals surface area contributed by atoms with Gasteiger partial charge in [-0.05, 0) is 49.2 Å². The molecular weight excluding hydrogens is 314 g/mol. The first-order chi connectivity index (χ1) is 11.4. The molecule has 1 heterocycles. The molecule has 7 nitrogen and oxygen atoms in total. The van der Waals surface area contributed by atoms with Crippen molar-refractivity contribution in [3.8, 4) is 5.75 Å². The first kappa shape index (κ1) is 17.3. The van der Waals surface area contributed by atoms with Crippen LogP contribution in [0.5, 0.6) is 5.75 Å². The Labute approximate surface area is 138 Å². The van der Waals surface area contributed by atoms with Gasteiger partial charge in [-0.1, -0.05) is 6.07 Å². The molecule has 0 amide bonds. The van der Waals surface area contributed by atoms with E-state index in [1.165, 1.54) is 18.2 Å². The maximum atomic E-state index is 11.5. The highest BCUT2D eigenvalue weighted by molar-refractivity contribution is 5.86. The lowest BCUT2D eigenvalue weighted by molar-refractivity contribution is -0.402. The van der Waals surface area contributed by atoms with Crippen LogP contribution in [0, 0.1) is 24.0 Å². The second-order valence-electron chi connectivity index (χ2n) is 5.11. The molecule has 2 rings (SSSR count). The number of nitrogens with zero attached hydrogens (tertiary/aromatic N) is 1. The molecule has 0 aliphatic rings. The summed E-state index contributed by atoms with van der Waals surface area (Å²) in [5.41, 5.74) is 2.19. The van der Waals surface area contributed by atoms with Crippen molar-refractivity contribution in [3.63, 3.8) is 0 Å². The molecule has 0 saturated heterocycles. The smallest absolute Gasteiger partial charge is 0.433 e. The lowest BCUT2D eigenvalue weighted by Gasteiger charge is -2.08. The van der Waals surface area contributed by atoms with Gasteiger partial charge in [0.2, 0.25) is 0 Å². The summed E-state index contributed by atoms with van der Waals surface area (Å²) in [6.45, 7) is 4.27. The van der Waals surface area contributed by atoms with Gasteiger partial charge in [0, 0.05) is 6.08 Å². The third-order valence-corrected chi connectivity index (χ3v) is 2.97. The van der Waals surface area contributed by atoms with Crippen LogP contribution < -0.4 is 4.74 Å². The molecule has 0 atom stereocenters. The highest BCUT2D eigenvalue weighted by Crippen LogP contribution is 2.17. The van der Waals surface area contributed by atoms with Crippen LogP contribution in [-0.2, 0) is 9.53 Å². The van der Waals surface area contributed by atoms with Crippen molar-refractivity contribution >= 4 is 17.9 Å². The molecule has 2 aromatic rings. The minimum atomic E-state index is -0.653. The monoisotopic (exact) mass is 331 g/mol. The van der Waals surface area contributed by atoms with E-state index in [0.29, 0.717) is 0 Å². The van der Waals surface area contributed by atoms with E-state index in [9.17, 15) is 14.9 Å². The molecule has 1 aromatic carbocycles. The number of rotatable bonds is 7. The number of hydrogen-bond acceptors (Lipinski definition) is 6. The lowest BCUT2D eigenvalue weighted by Crippen LogP contribution is -2.10. The summed E-state index contributed by atoms with van der Waals surface area (Å²) in [7, 11) is 0. The van der Waals surface area contributed by atoms with Gasteiger partial charge in [-0.3, -0.25) is 10.1 Å². The molecule has 7 heteroatoms. The second-order valence-corrected chi connectivity index (χ2v) is 5.11. The second kappa shape index (κ2) is 7.96. The van der Waals surface area contributed by atoms with Crippen LogP contribution in [-0.4, -0.2) is 24.1 Å². The molecule has 1 aromatic heterocycles. The van der Waals surface area contributed by atoms with Crippen LogP contribution in [0.1, 0.15) is 16.9 Å². The Morgan fingerprint density at radius 2 is 1.92 bits per heavy atom. The average Bonchev–Trinajstić information content (AvgIpc) is 2.98. The van der Waals surface area contributed by atoms with E-state index < -0.39 is 10.9 Å². The number of carbonyl (C=O) groups is 1. The zero-order chi connectivity index (χ0) is 17.5. The number of nitro groups is 1. The standard InChI is InChI=1S/C17H17NO6/c1-12-9-13(2)11-15(10-12)22-7-8-23-17(19)6-4-14-3-5-16(24-14)18(20)21/h3-6,9-11H,7-8H2,1-2H3/b6-4+. The Balaban J connectivity index is 1.74. The van der Waals surface area contributed by atoms with Crippen molar-refractivity contribution in [2.45, 2.75) is 13.8 Å². The van der Waals surface area contributed by atoms with Gasteiger partial charge in [0.05, 0.1) is 6.07 Å². The number of benzene rings is 1. The summed E-state index contributed by atoms with van der Waals surface area (Å²) in [5.74, 6) is -0.0462. The molecule has 0 saturated carbocycles. The summed E-state index contributed by atoms with van der Waals surface area (Å²) >= 11 is 0. The van der Waals surface area contributed by atoms with Crippen LogP contribution >= 0.6 is 0 Å². The van der Waals surface area contributed by atoms with E-state index in [0.717, 1.165) is 23.0 Å². The van der Waals surface area contributed by atoms with Crippen molar-refractivity contribution in [2.24, 2.45) is 0 Å². The number of carbonyl (C=O) groups excluding carboxylic acids is 1. The first-order valence-electron chi connectivity index (χ1n) is 7.24. The average molecular weight is 331 g/mol. The largest absolute Gasteiger partial charge is 0.490 e. The Kier molecular flexibility index (Phi) is 5.73. The number of furan rings is 1. The highest BCUT2D eigenvalue weighted by atomic mass is 16.6. The van der Waals surface area contributed by atoms with Gasteiger partial charge in [-0.15, -0.1) is 0 Å². The minimum absolute atomic E-state index is 0.0917. The summed E-state index contributed by atoms with van der Waals surface area (Å²) in [5, 5.41) is 10.5.